The van der Waals surface area contributed by atoms with Crippen LogP contribution >= 0.6 is 0 Å². The molecule has 0 saturated heterocycles. The zero-order valence-electron chi connectivity index (χ0n) is 12.8. The van der Waals surface area contributed by atoms with Crippen LogP contribution in [0.25, 0.3) is 10.8 Å². The number of nitrogens with zero attached hydrogens (tertiary/aromatic N) is 1. The monoisotopic (exact) mass is 340 g/mol. The van der Waals surface area contributed by atoms with Crippen LogP contribution in [0.1, 0.15) is 6.92 Å². The van der Waals surface area contributed by atoms with E-state index in [9.17, 15) is 13.2 Å². The lowest BCUT2D eigenvalue weighted by atomic mass is 10.1. The lowest BCUT2D eigenvalue weighted by Gasteiger charge is -2.13. The first-order chi connectivity index (χ1) is 11.5. The largest absolute Gasteiger partial charge is 0.325 e. The minimum Gasteiger partial charge on any atom is -0.325 e. The van der Waals surface area contributed by atoms with Crippen LogP contribution in [0, 0.1) is 6.20 Å². The Hall–Kier alpha value is -2.93. The second kappa shape index (κ2) is 6.29. The highest BCUT2D eigenvalue weighted by Gasteiger charge is 2.20. The number of benzene rings is 2. The fraction of sp³-hybridized carbons (Fsp3) is 0.0588. The maximum atomic E-state index is 12.7. The molecule has 0 bridgehead atoms. The molecule has 3 aromatic rings. The number of para-hydroxylation sites is 1. The topological polar surface area (TPSA) is 88.2 Å². The summed E-state index contributed by atoms with van der Waals surface area (Å²) in [6.07, 6.45) is 4.22. The SMILES string of the molecule is CC(=O)Nc1ccccc1S(=O)(=O)Nc1cn[c]c2ccccc12. The third-order valence-electron chi connectivity index (χ3n) is 3.33. The van der Waals surface area contributed by atoms with Crippen LogP contribution < -0.4 is 10.0 Å². The lowest BCUT2D eigenvalue weighted by molar-refractivity contribution is -0.114. The van der Waals surface area contributed by atoms with Gasteiger partial charge in [0.2, 0.25) is 5.91 Å². The number of anilines is 2. The van der Waals surface area contributed by atoms with Crippen molar-refractivity contribution in [1.82, 2.24) is 4.98 Å². The van der Waals surface area contributed by atoms with Crippen molar-refractivity contribution >= 4 is 38.1 Å². The maximum Gasteiger partial charge on any atom is 0.264 e. The van der Waals surface area contributed by atoms with Crippen LogP contribution in [-0.4, -0.2) is 19.3 Å². The Morgan fingerprint density at radius 1 is 1.04 bits per heavy atom. The Balaban J connectivity index is 2.05. The number of carbonyl (C=O) groups excluding carboxylic acids is 1. The van der Waals surface area contributed by atoms with Gasteiger partial charge in [-0.05, 0) is 12.1 Å². The smallest absolute Gasteiger partial charge is 0.264 e. The fourth-order valence-electron chi connectivity index (χ4n) is 2.33. The minimum absolute atomic E-state index is 0.0166. The van der Waals surface area contributed by atoms with E-state index in [4.69, 9.17) is 0 Å². The highest BCUT2D eigenvalue weighted by atomic mass is 32.2. The summed E-state index contributed by atoms with van der Waals surface area (Å²) in [7, 11) is -3.90. The summed E-state index contributed by atoms with van der Waals surface area (Å²) >= 11 is 0. The van der Waals surface area contributed by atoms with Gasteiger partial charge in [-0.3, -0.25) is 14.5 Å². The van der Waals surface area contributed by atoms with Crippen molar-refractivity contribution in [3.63, 3.8) is 0 Å². The molecule has 0 aliphatic carbocycles. The standard InChI is InChI=1S/C17H14N3O3S/c1-12(21)19-15-8-4-5-9-17(15)24(22,23)20-16-11-18-10-13-6-2-3-7-14(13)16/h2-9,11,20H,1H3,(H,19,21). The summed E-state index contributed by atoms with van der Waals surface area (Å²) in [5, 5.41) is 3.91. The molecule has 0 fully saturated rings. The van der Waals surface area contributed by atoms with E-state index in [0.717, 1.165) is 0 Å². The molecule has 1 amide bonds. The van der Waals surface area contributed by atoms with Crippen molar-refractivity contribution < 1.29 is 13.2 Å². The van der Waals surface area contributed by atoms with Crippen LogP contribution in [0.4, 0.5) is 11.4 Å². The first-order valence-corrected chi connectivity index (χ1v) is 8.60. The minimum atomic E-state index is -3.90. The summed E-state index contributed by atoms with van der Waals surface area (Å²) in [4.78, 5) is 15.2. The highest BCUT2D eigenvalue weighted by molar-refractivity contribution is 7.93. The second-order valence-corrected chi connectivity index (χ2v) is 6.76. The molecule has 3 rings (SSSR count). The molecule has 24 heavy (non-hydrogen) atoms. The number of amides is 1. The number of pyridine rings is 1. The van der Waals surface area contributed by atoms with Crippen LogP contribution in [0.2, 0.25) is 0 Å². The van der Waals surface area contributed by atoms with Crippen molar-refractivity contribution in [1.29, 1.82) is 0 Å². The van der Waals surface area contributed by atoms with Gasteiger partial charge in [-0.15, -0.1) is 0 Å². The van der Waals surface area contributed by atoms with Crippen molar-refractivity contribution in [2.45, 2.75) is 11.8 Å². The average Bonchev–Trinajstić information content (AvgIpc) is 2.55. The third kappa shape index (κ3) is 3.21. The van der Waals surface area contributed by atoms with Crippen molar-refractivity contribution in [2.75, 3.05) is 10.0 Å². The van der Waals surface area contributed by atoms with Crippen LogP contribution in [0.5, 0.6) is 0 Å². The maximum absolute atomic E-state index is 12.7. The van der Waals surface area contributed by atoms with E-state index in [2.05, 4.69) is 21.2 Å². The molecule has 1 aromatic heterocycles. The average molecular weight is 340 g/mol. The van der Waals surface area contributed by atoms with E-state index in [-0.39, 0.29) is 16.5 Å². The number of sulfonamides is 1. The van der Waals surface area contributed by atoms with E-state index in [1.165, 1.54) is 25.3 Å². The van der Waals surface area contributed by atoms with Gasteiger partial charge in [-0.25, -0.2) is 8.42 Å². The van der Waals surface area contributed by atoms with Gasteiger partial charge in [-0.1, -0.05) is 36.4 Å². The summed E-state index contributed by atoms with van der Waals surface area (Å²) in [5.41, 5.74) is 0.569. The van der Waals surface area contributed by atoms with Gasteiger partial charge in [0.05, 0.1) is 23.8 Å². The number of rotatable bonds is 4. The number of hydrogen-bond donors (Lipinski definition) is 2. The van der Waals surface area contributed by atoms with Gasteiger partial charge >= 0.3 is 0 Å². The van der Waals surface area contributed by atoms with E-state index in [1.807, 2.05) is 6.07 Å². The molecule has 2 N–H and O–H groups in total. The Labute approximate surface area is 139 Å². The van der Waals surface area contributed by atoms with E-state index < -0.39 is 10.0 Å². The first kappa shape index (κ1) is 15.9. The molecule has 121 valence electrons. The zero-order valence-corrected chi connectivity index (χ0v) is 13.6. The molecule has 0 aliphatic heterocycles. The number of hydrogen-bond acceptors (Lipinski definition) is 4. The van der Waals surface area contributed by atoms with Gasteiger partial charge in [0.25, 0.3) is 10.0 Å². The molecule has 2 aromatic carbocycles. The number of nitrogens with one attached hydrogen (secondary N) is 2. The van der Waals surface area contributed by atoms with Gasteiger partial charge < -0.3 is 5.32 Å². The summed E-state index contributed by atoms with van der Waals surface area (Å²) < 4.78 is 28.0. The van der Waals surface area contributed by atoms with Crippen molar-refractivity contribution in [3.05, 3.63) is 60.9 Å². The molecule has 0 atom stereocenters. The summed E-state index contributed by atoms with van der Waals surface area (Å²) in [5.74, 6) is -0.348. The normalized spacial score (nSPS) is 11.2. The lowest BCUT2D eigenvalue weighted by Crippen LogP contribution is -2.17. The second-order valence-electron chi connectivity index (χ2n) is 5.11. The molecule has 0 spiro atoms. The molecular formula is C17H14N3O3S. The molecule has 7 heteroatoms. The zero-order chi connectivity index (χ0) is 17.2. The first-order valence-electron chi connectivity index (χ1n) is 7.12. The predicted molar refractivity (Wildman–Crippen MR) is 92.1 cm³/mol. The molecule has 1 heterocycles. The van der Waals surface area contributed by atoms with Gasteiger partial charge in [0, 0.05) is 17.7 Å². The number of aromatic nitrogens is 1. The van der Waals surface area contributed by atoms with Crippen LogP contribution in [-0.2, 0) is 14.8 Å². The molecule has 0 saturated carbocycles. The Kier molecular flexibility index (Phi) is 4.18. The van der Waals surface area contributed by atoms with E-state index >= 15 is 0 Å². The fourth-order valence-corrected chi connectivity index (χ4v) is 3.55. The molecule has 1 radical (unpaired) electrons. The Morgan fingerprint density at radius 2 is 1.75 bits per heavy atom. The van der Waals surface area contributed by atoms with Crippen molar-refractivity contribution in [2.24, 2.45) is 0 Å². The number of fused-ring (bicyclic) bond motifs is 1. The van der Waals surface area contributed by atoms with Crippen LogP contribution in [0.3, 0.4) is 0 Å². The van der Waals surface area contributed by atoms with Gasteiger partial charge in [-0.2, -0.15) is 0 Å². The summed E-state index contributed by atoms with van der Waals surface area (Å²) in [6.45, 7) is 1.32. The highest BCUT2D eigenvalue weighted by Crippen LogP contribution is 2.27. The predicted octanol–water partition coefficient (Wildman–Crippen LogP) is 2.79. The molecule has 0 aliphatic rings. The molecular weight excluding hydrogens is 326 g/mol. The number of carbonyl (C=O) groups is 1. The van der Waals surface area contributed by atoms with Gasteiger partial charge in [0.15, 0.2) is 0 Å². The molecule has 0 unspecified atom stereocenters. The quantitative estimate of drug-likeness (QED) is 0.764. The van der Waals surface area contributed by atoms with Gasteiger partial charge in [0.1, 0.15) is 4.90 Å². The van der Waals surface area contributed by atoms with Crippen LogP contribution in [0.15, 0.2) is 59.6 Å². The third-order valence-corrected chi connectivity index (χ3v) is 4.75. The van der Waals surface area contributed by atoms with E-state index in [1.54, 1.807) is 30.3 Å². The van der Waals surface area contributed by atoms with E-state index in [0.29, 0.717) is 16.5 Å². The Bertz CT molecular complexity index is 1010. The summed E-state index contributed by atoms with van der Waals surface area (Å²) in [6, 6.07) is 13.4. The van der Waals surface area contributed by atoms with Crippen molar-refractivity contribution in [3.8, 4) is 0 Å². The molecule has 6 nitrogen and oxygen atoms in total. The Morgan fingerprint density at radius 3 is 2.54 bits per heavy atom.